The van der Waals surface area contributed by atoms with Gasteiger partial charge in [0.1, 0.15) is 5.82 Å². The van der Waals surface area contributed by atoms with Crippen LogP contribution in [-0.2, 0) is 19.6 Å². The van der Waals surface area contributed by atoms with Gasteiger partial charge in [0.05, 0.1) is 10.8 Å². The molecule has 2 saturated heterocycles. The van der Waals surface area contributed by atoms with E-state index in [1.165, 1.54) is 16.4 Å². The predicted molar refractivity (Wildman–Crippen MR) is 96.7 cm³/mol. The first-order valence-corrected chi connectivity index (χ1v) is 10.6. The molecule has 2 aliphatic heterocycles. The van der Waals surface area contributed by atoms with Gasteiger partial charge >= 0.3 is 0 Å². The zero-order chi connectivity index (χ0) is 19.6. The van der Waals surface area contributed by atoms with Crippen LogP contribution < -0.4 is 0 Å². The van der Waals surface area contributed by atoms with Crippen molar-refractivity contribution in [3.8, 4) is 0 Å². The highest BCUT2D eigenvalue weighted by Crippen LogP contribution is 2.23. The average Bonchev–Trinajstić information content (AvgIpc) is 3.02. The minimum absolute atomic E-state index is 0.00715. The minimum Gasteiger partial charge on any atom is -0.342 e. The number of amides is 2. The van der Waals surface area contributed by atoms with Crippen molar-refractivity contribution in [3.05, 3.63) is 30.1 Å². The molecule has 2 heterocycles. The molecule has 148 valence electrons. The van der Waals surface area contributed by atoms with Gasteiger partial charge in [-0.1, -0.05) is 6.92 Å². The molecular formula is C18H24FN3O4S. The van der Waals surface area contributed by atoms with Crippen LogP contribution >= 0.6 is 0 Å². The van der Waals surface area contributed by atoms with Crippen molar-refractivity contribution in [3.63, 3.8) is 0 Å². The molecule has 2 amide bonds. The molecule has 0 saturated carbocycles. The Hall–Kier alpha value is -2.00. The maximum absolute atomic E-state index is 13.0. The van der Waals surface area contributed by atoms with Gasteiger partial charge < -0.3 is 9.80 Å². The fourth-order valence-corrected chi connectivity index (χ4v) is 5.01. The zero-order valence-electron chi connectivity index (χ0n) is 15.3. The zero-order valence-corrected chi connectivity index (χ0v) is 16.1. The summed E-state index contributed by atoms with van der Waals surface area (Å²) in [6, 6.07) is 4.72. The van der Waals surface area contributed by atoms with Gasteiger partial charge in [-0.05, 0) is 30.7 Å². The topological polar surface area (TPSA) is 78.0 Å². The first-order valence-electron chi connectivity index (χ1n) is 9.15. The quantitative estimate of drug-likeness (QED) is 0.740. The number of hydrogen-bond donors (Lipinski definition) is 0. The molecule has 0 aromatic heterocycles. The Morgan fingerprint density at radius 2 is 1.78 bits per heavy atom. The van der Waals surface area contributed by atoms with Crippen molar-refractivity contribution >= 4 is 21.8 Å². The lowest BCUT2D eigenvalue weighted by Gasteiger charge is -2.35. The number of likely N-dealkylation sites (tertiary alicyclic amines) is 1. The molecule has 27 heavy (non-hydrogen) atoms. The Kier molecular flexibility index (Phi) is 5.81. The normalized spacial score (nSPS) is 21.7. The van der Waals surface area contributed by atoms with Crippen LogP contribution in [0.2, 0.25) is 0 Å². The SMILES string of the molecule is CCCN1CC(C(=O)N2CCN(S(=O)(=O)c3ccc(F)cc3)CC2)CC1=O. The predicted octanol–water partition coefficient (Wildman–Crippen LogP) is 0.917. The van der Waals surface area contributed by atoms with E-state index in [9.17, 15) is 22.4 Å². The van der Waals surface area contributed by atoms with Gasteiger partial charge in [0.25, 0.3) is 0 Å². The molecule has 3 rings (SSSR count). The maximum Gasteiger partial charge on any atom is 0.243 e. The lowest BCUT2D eigenvalue weighted by molar-refractivity contribution is -0.137. The highest BCUT2D eigenvalue weighted by atomic mass is 32.2. The smallest absolute Gasteiger partial charge is 0.243 e. The van der Waals surface area contributed by atoms with Crippen LogP contribution in [-0.4, -0.2) is 73.6 Å². The highest BCUT2D eigenvalue weighted by molar-refractivity contribution is 7.89. The molecule has 0 radical (unpaired) electrons. The number of rotatable bonds is 5. The summed E-state index contributed by atoms with van der Waals surface area (Å²) in [4.78, 5) is 28.1. The van der Waals surface area contributed by atoms with Crippen molar-refractivity contribution < 1.29 is 22.4 Å². The summed E-state index contributed by atoms with van der Waals surface area (Å²) in [5, 5.41) is 0. The van der Waals surface area contributed by atoms with Gasteiger partial charge in [-0.3, -0.25) is 9.59 Å². The molecule has 7 nitrogen and oxygen atoms in total. The van der Waals surface area contributed by atoms with Crippen LogP contribution in [0, 0.1) is 11.7 Å². The Balaban J connectivity index is 1.59. The van der Waals surface area contributed by atoms with E-state index >= 15 is 0 Å². The largest absolute Gasteiger partial charge is 0.342 e. The van der Waals surface area contributed by atoms with Crippen molar-refractivity contribution in [1.82, 2.24) is 14.1 Å². The van der Waals surface area contributed by atoms with Gasteiger partial charge in [0.15, 0.2) is 0 Å². The molecule has 2 aliphatic rings. The summed E-state index contributed by atoms with van der Waals surface area (Å²) in [6.45, 7) is 4.04. The van der Waals surface area contributed by atoms with Crippen LogP contribution in [0.5, 0.6) is 0 Å². The second kappa shape index (κ2) is 7.93. The average molecular weight is 397 g/mol. The Morgan fingerprint density at radius 1 is 1.15 bits per heavy atom. The van der Waals surface area contributed by atoms with Crippen LogP contribution in [0.15, 0.2) is 29.2 Å². The summed E-state index contributed by atoms with van der Waals surface area (Å²) in [6.07, 6.45) is 1.08. The van der Waals surface area contributed by atoms with Crippen molar-refractivity contribution in [2.45, 2.75) is 24.7 Å². The highest BCUT2D eigenvalue weighted by Gasteiger charge is 2.38. The minimum atomic E-state index is -3.71. The number of benzene rings is 1. The van der Waals surface area contributed by atoms with Crippen LogP contribution in [0.1, 0.15) is 19.8 Å². The molecule has 2 fully saturated rings. The maximum atomic E-state index is 13.0. The molecule has 0 bridgehead atoms. The third kappa shape index (κ3) is 4.14. The fraction of sp³-hybridized carbons (Fsp3) is 0.556. The van der Waals surface area contributed by atoms with Crippen molar-refractivity contribution in [2.24, 2.45) is 5.92 Å². The third-order valence-corrected chi connectivity index (χ3v) is 6.97. The third-order valence-electron chi connectivity index (χ3n) is 5.06. The standard InChI is InChI=1S/C18H24FN3O4S/c1-2-7-21-13-14(12-17(21)23)18(24)20-8-10-22(11-9-20)27(25,26)16-5-3-15(19)4-6-16/h3-6,14H,2,7-13H2,1H3. The summed E-state index contributed by atoms with van der Waals surface area (Å²) in [5.74, 6) is -0.912. The number of hydrogen-bond acceptors (Lipinski definition) is 4. The lowest BCUT2D eigenvalue weighted by atomic mass is 10.1. The van der Waals surface area contributed by atoms with Crippen LogP contribution in [0.25, 0.3) is 0 Å². The summed E-state index contributed by atoms with van der Waals surface area (Å²) in [7, 11) is -3.71. The molecular weight excluding hydrogens is 373 g/mol. The molecule has 9 heteroatoms. The number of piperazine rings is 1. The van der Waals surface area contributed by atoms with E-state index in [1.807, 2.05) is 6.92 Å². The number of nitrogens with zero attached hydrogens (tertiary/aromatic N) is 3. The van der Waals surface area contributed by atoms with E-state index in [-0.39, 0.29) is 55.2 Å². The van der Waals surface area contributed by atoms with Crippen LogP contribution in [0.3, 0.4) is 0 Å². The summed E-state index contributed by atoms with van der Waals surface area (Å²) in [5.41, 5.74) is 0. The number of sulfonamides is 1. The Labute approximate surface area is 158 Å². The van der Waals surface area contributed by atoms with E-state index in [1.54, 1.807) is 9.80 Å². The second-order valence-corrected chi connectivity index (χ2v) is 8.86. The molecule has 1 aromatic rings. The van der Waals surface area contributed by atoms with E-state index < -0.39 is 15.8 Å². The number of carbonyl (C=O) groups is 2. The molecule has 0 spiro atoms. The lowest BCUT2D eigenvalue weighted by Crippen LogP contribution is -2.52. The summed E-state index contributed by atoms with van der Waals surface area (Å²) < 4.78 is 39.6. The van der Waals surface area contributed by atoms with Crippen molar-refractivity contribution in [2.75, 3.05) is 39.3 Å². The first kappa shape index (κ1) is 19.8. The summed E-state index contributed by atoms with van der Waals surface area (Å²) >= 11 is 0. The molecule has 0 aliphatic carbocycles. The van der Waals surface area contributed by atoms with E-state index in [2.05, 4.69) is 0 Å². The van der Waals surface area contributed by atoms with Crippen LogP contribution in [0.4, 0.5) is 4.39 Å². The molecule has 1 atom stereocenters. The molecule has 0 N–H and O–H groups in total. The Bertz CT molecular complexity index is 804. The monoisotopic (exact) mass is 397 g/mol. The van der Waals surface area contributed by atoms with Crippen molar-refractivity contribution in [1.29, 1.82) is 0 Å². The number of halogens is 1. The molecule has 1 aromatic carbocycles. The van der Waals surface area contributed by atoms with Gasteiger partial charge in [-0.2, -0.15) is 4.31 Å². The first-order chi connectivity index (χ1) is 12.8. The molecule has 1 unspecified atom stereocenters. The van der Waals surface area contributed by atoms with Gasteiger partial charge in [-0.25, -0.2) is 12.8 Å². The van der Waals surface area contributed by atoms with Gasteiger partial charge in [0.2, 0.25) is 21.8 Å². The van der Waals surface area contributed by atoms with Gasteiger partial charge in [-0.15, -0.1) is 0 Å². The van der Waals surface area contributed by atoms with E-state index in [0.717, 1.165) is 18.6 Å². The Morgan fingerprint density at radius 3 is 2.37 bits per heavy atom. The fourth-order valence-electron chi connectivity index (χ4n) is 3.59. The number of carbonyl (C=O) groups excluding carboxylic acids is 2. The van der Waals surface area contributed by atoms with E-state index in [0.29, 0.717) is 13.1 Å². The second-order valence-electron chi connectivity index (χ2n) is 6.92. The van der Waals surface area contributed by atoms with E-state index in [4.69, 9.17) is 0 Å². The van der Waals surface area contributed by atoms with Gasteiger partial charge in [0, 0.05) is 45.7 Å².